The predicted octanol–water partition coefficient (Wildman–Crippen LogP) is 3.57. The first kappa shape index (κ1) is 40.7. The molecular weight excluding hydrogens is 568 g/mol. The highest BCUT2D eigenvalue weighted by Crippen LogP contribution is 2.23. The van der Waals surface area contributed by atoms with E-state index < -0.39 is 34.7 Å². The van der Waals surface area contributed by atoms with Crippen LogP contribution in [0.15, 0.2) is 24.3 Å². The first-order valence-electron chi connectivity index (χ1n) is 16.9. The summed E-state index contributed by atoms with van der Waals surface area (Å²) in [6.07, 6.45) is 5.98. The number of nitrogens with one attached hydrogen (secondary N) is 2. The van der Waals surface area contributed by atoms with Crippen LogP contribution in [-0.4, -0.2) is 71.0 Å². The second-order valence-corrected chi connectivity index (χ2v) is 13.2. The number of hydrogen-bond donors (Lipinski definition) is 6. The Morgan fingerprint density at radius 1 is 0.667 bits per heavy atom. The fraction of sp³-hybridized carbons (Fsp3) is 0.714. The lowest BCUT2D eigenvalue weighted by atomic mass is 9.83. The van der Waals surface area contributed by atoms with Gasteiger partial charge in [-0.3, -0.25) is 29.8 Å². The molecule has 0 bridgehead atoms. The van der Waals surface area contributed by atoms with Crippen molar-refractivity contribution in [1.29, 1.82) is 0 Å². The summed E-state index contributed by atoms with van der Waals surface area (Å²) in [6.45, 7) is 13.8. The SMILES string of the molecule is CCC(NC(CCCCN)C(=O)C(C)(N)CC)C(=O)c1ccc(C(=O)C(C)(CC)NC(CCCCN)C(=O)C(C)(N)CC)cc1. The third-order valence-corrected chi connectivity index (χ3v) is 9.38. The first-order chi connectivity index (χ1) is 21.1. The van der Waals surface area contributed by atoms with Gasteiger partial charge in [0.25, 0.3) is 0 Å². The molecule has 1 aromatic rings. The number of unbranched alkanes of at least 4 members (excludes halogenated alkanes) is 2. The Bertz CT molecular complexity index is 1100. The van der Waals surface area contributed by atoms with Crippen LogP contribution in [0.3, 0.4) is 0 Å². The van der Waals surface area contributed by atoms with Gasteiger partial charge in [-0.15, -0.1) is 0 Å². The van der Waals surface area contributed by atoms with E-state index >= 15 is 0 Å². The summed E-state index contributed by atoms with van der Waals surface area (Å²) in [5, 5.41) is 6.66. The highest BCUT2D eigenvalue weighted by molar-refractivity contribution is 6.05. The van der Waals surface area contributed by atoms with Gasteiger partial charge in [-0.2, -0.15) is 0 Å². The van der Waals surface area contributed by atoms with Gasteiger partial charge in [0.2, 0.25) is 0 Å². The molecule has 0 aliphatic carbocycles. The molecule has 6 unspecified atom stereocenters. The lowest BCUT2D eigenvalue weighted by molar-refractivity contribution is -0.127. The molecule has 0 heterocycles. The van der Waals surface area contributed by atoms with Gasteiger partial charge in [0, 0.05) is 11.1 Å². The molecular formula is C35H62N6O4. The van der Waals surface area contributed by atoms with Gasteiger partial charge in [-0.1, -0.05) is 64.8 Å². The highest BCUT2D eigenvalue weighted by Gasteiger charge is 2.40. The quantitative estimate of drug-likeness (QED) is 0.0725. The van der Waals surface area contributed by atoms with Crippen LogP contribution < -0.4 is 33.6 Å². The minimum absolute atomic E-state index is 0.116. The van der Waals surface area contributed by atoms with E-state index in [2.05, 4.69) is 10.6 Å². The molecule has 0 fully saturated rings. The summed E-state index contributed by atoms with van der Waals surface area (Å²) in [7, 11) is 0. The van der Waals surface area contributed by atoms with Crippen molar-refractivity contribution >= 4 is 23.1 Å². The maximum Gasteiger partial charge on any atom is 0.182 e. The van der Waals surface area contributed by atoms with E-state index in [1.165, 1.54) is 0 Å². The van der Waals surface area contributed by atoms with Crippen molar-refractivity contribution in [2.75, 3.05) is 13.1 Å². The molecule has 0 spiro atoms. The number of rotatable bonds is 24. The van der Waals surface area contributed by atoms with Crippen molar-refractivity contribution in [3.63, 3.8) is 0 Å². The van der Waals surface area contributed by atoms with E-state index in [-0.39, 0.29) is 23.1 Å². The summed E-state index contributed by atoms with van der Waals surface area (Å²) < 4.78 is 0. The lowest BCUT2D eigenvalue weighted by Gasteiger charge is -2.36. The molecule has 0 saturated heterocycles. The lowest BCUT2D eigenvalue weighted by Crippen LogP contribution is -2.61. The summed E-state index contributed by atoms with van der Waals surface area (Å²) in [4.78, 5) is 54.2. The summed E-state index contributed by atoms with van der Waals surface area (Å²) in [5.41, 5.74) is 21.8. The third-order valence-electron chi connectivity index (χ3n) is 9.38. The largest absolute Gasteiger partial charge is 0.330 e. The van der Waals surface area contributed by atoms with Crippen molar-refractivity contribution in [1.82, 2.24) is 10.6 Å². The van der Waals surface area contributed by atoms with Crippen molar-refractivity contribution in [2.45, 2.75) is 147 Å². The van der Waals surface area contributed by atoms with E-state index in [4.69, 9.17) is 22.9 Å². The number of carbonyl (C=O) groups excluding carboxylic acids is 4. The molecule has 0 saturated carbocycles. The molecule has 10 nitrogen and oxygen atoms in total. The van der Waals surface area contributed by atoms with Gasteiger partial charge in [-0.25, -0.2) is 0 Å². The topological polar surface area (TPSA) is 196 Å². The Morgan fingerprint density at radius 3 is 1.53 bits per heavy atom. The molecule has 1 aromatic carbocycles. The molecule has 45 heavy (non-hydrogen) atoms. The zero-order valence-corrected chi connectivity index (χ0v) is 29.0. The molecule has 1 rings (SSSR count). The highest BCUT2D eigenvalue weighted by atomic mass is 16.1. The molecule has 0 aliphatic rings. The number of benzene rings is 1. The van der Waals surface area contributed by atoms with E-state index in [1.807, 2.05) is 27.7 Å². The zero-order chi connectivity index (χ0) is 34.4. The van der Waals surface area contributed by atoms with Crippen LogP contribution in [0.4, 0.5) is 0 Å². The first-order valence-corrected chi connectivity index (χ1v) is 16.9. The molecule has 256 valence electrons. The standard InChI is InChI=1S/C35H62N6O4/c1-8-26(40-27(16-12-14-22-36)31(44)33(5,38)9-2)29(42)24-18-20-25(21-19-24)30(43)35(7,11-4)41-28(17-13-15-23-37)32(45)34(6,39)10-3/h18-21,26-28,40-41H,8-17,22-23,36-39H2,1-7H3. The molecule has 10 N–H and O–H groups in total. The van der Waals surface area contributed by atoms with E-state index in [0.717, 1.165) is 25.7 Å². The van der Waals surface area contributed by atoms with Crippen molar-refractivity contribution in [2.24, 2.45) is 22.9 Å². The third kappa shape index (κ3) is 11.4. The van der Waals surface area contributed by atoms with E-state index in [9.17, 15) is 19.2 Å². The average molecular weight is 631 g/mol. The minimum Gasteiger partial charge on any atom is -0.330 e. The maximum absolute atomic E-state index is 13.9. The van der Waals surface area contributed by atoms with Crippen LogP contribution in [0.5, 0.6) is 0 Å². The zero-order valence-electron chi connectivity index (χ0n) is 29.0. The van der Waals surface area contributed by atoms with Crippen molar-refractivity contribution < 1.29 is 19.2 Å². The molecule has 0 aromatic heterocycles. The monoisotopic (exact) mass is 630 g/mol. The van der Waals surface area contributed by atoms with Crippen molar-refractivity contribution in [3.8, 4) is 0 Å². The van der Waals surface area contributed by atoms with Gasteiger partial charge in [-0.05, 0) is 85.2 Å². The van der Waals surface area contributed by atoms with Gasteiger partial charge >= 0.3 is 0 Å². The second-order valence-electron chi connectivity index (χ2n) is 13.2. The van der Waals surface area contributed by atoms with Crippen LogP contribution in [0.25, 0.3) is 0 Å². The van der Waals surface area contributed by atoms with Crippen LogP contribution in [-0.2, 0) is 9.59 Å². The minimum atomic E-state index is -1.03. The number of carbonyl (C=O) groups is 4. The Balaban J connectivity index is 3.23. The van der Waals surface area contributed by atoms with Crippen LogP contribution >= 0.6 is 0 Å². The second kappa shape index (κ2) is 18.7. The molecule has 0 amide bonds. The number of nitrogens with two attached hydrogens (primary N) is 4. The smallest absolute Gasteiger partial charge is 0.182 e. The molecule has 10 heteroatoms. The van der Waals surface area contributed by atoms with Gasteiger partial charge in [0.05, 0.1) is 34.7 Å². The van der Waals surface area contributed by atoms with Crippen LogP contribution in [0.1, 0.15) is 133 Å². The number of hydrogen-bond acceptors (Lipinski definition) is 10. The van der Waals surface area contributed by atoms with Crippen LogP contribution in [0, 0.1) is 0 Å². The average Bonchev–Trinajstić information content (AvgIpc) is 3.04. The molecule has 0 aliphatic heterocycles. The van der Waals surface area contributed by atoms with Gasteiger partial charge in [0.15, 0.2) is 23.1 Å². The Morgan fingerprint density at radius 2 is 1.11 bits per heavy atom. The number of Topliss-reactive ketones (excluding diaryl/α,β-unsaturated/α-hetero) is 4. The fourth-order valence-electron chi connectivity index (χ4n) is 5.33. The maximum atomic E-state index is 13.9. The van der Waals surface area contributed by atoms with Gasteiger partial charge < -0.3 is 22.9 Å². The number of ketones is 4. The summed E-state index contributed by atoms with van der Waals surface area (Å²) >= 11 is 0. The molecule has 6 atom stereocenters. The normalized spacial score (nSPS) is 17.8. The Labute approximate surface area is 271 Å². The Hall–Kier alpha value is -2.34. The van der Waals surface area contributed by atoms with E-state index in [1.54, 1.807) is 45.0 Å². The van der Waals surface area contributed by atoms with E-state index in [0.29, 0.717) is 62.7 Å². The summed E-state index contributed by atoms with van der Waals surface area (Å²) in [6, 6.07) is 4.84. The van der Waals surface area contributed by atoms with Crippen molar-refractivity contribution in [3.05, 3.63) is 35.4 Å². The summed E-state index contributed by atoms with van der Waals surface area (Å²) in [5.74, 6) is -0.572. The van der Waals surface area contributed by atoms with Gasteiger partial charge in [0.1, 0.15) is 0 Å². The van der Waals surface area contributed by atoms with Crippen LogP contribution in [0.2, 0.25) is 0 Å². The fourth-order valence-corrected chi connectivity index (χ4v) is 5.33. The predicted molar refractivity (Wildman–Crippen MR) is 183 cm³/mol. The Kier molecular flexibility index (Phi) is 16.9. The molecule has 0 radical (unpaired) electrons.